The van der Waals surface area contributed by atoms with Gasteiger partial charge in [0.25, 0.3) is 0 Å². The highest BCUT2D eigenvalue weighted by molar-refractivity contribution is 5.48. The minimum Gasteiger partial charge on any atom is -0.353 e. The van der Waals surface area contributed by atoms with Gasteiger partial charge in [0.05, 0.1) is 0 Å². The normalized spacial score (nSPS) is 46.2. The van der Waals surface area contributed by atoms with Gasteiger partial charge in [-0.1, -0.05) is 30.7 Å². The van der Waals surface area contributed by atoms with Crippen molar-refractivity contribution in [1.29, 1.82) is 0 Å². The van der Waals surface area contributed by atoms with Crippen LogP contribution in [0.4, 0.5) is 0 Å². The highest BCUT2D eigenvalue weighted by atomic mass is 16.1. The molecule has 1 amide bonds. The minimum absolute atomic E-state index is 0.0692. The molecular formula is C21H33NO. The summed E-state index contributed by atoms with van der Waals surface area (Å²) in [4.78, 5) is 11.3. The van der Waals surface area contributed by atoms with E-state index in [4.69, 9.17) is 0 Å². The standard InChI is InChI=1S/C21H33NO/c1-14(2)17-8-7-16(4)18-10-11-20(5,22-13-23)19-9-6-15(3)12-21(17,18)19/h12-13,16-19H,1,6-11H2,2-5H3,(H,22,23)/t16-,17-,18+,19-,20-,21-/m0/s1. The fraction of sp³-hybridized carbons (Fsp3) is 0.762. The van der Waals surface area contributed by atoms with Crippen molar-refractivity contribution in [2.24, 2.45) is 29.1 Å². The van der Waals surface area contributed by atoms with Gasteiger partial charge in [-0.3, -0.25) is 4.79 Å². The number of amides is 1. The molecule has 6 atom stereocenters. The summed E-state index contributed by atoms with van der Waals surface area (Å²) in [7, 11) is 0. The maximum Gasteiger partial charge on any atom is 0.207 e. The van der Waals surface area contributed by atoms with E-state index in [1.807, 2.05) is 0 Å². The average molecular weight is 316 g/mol. The maximum absolute atomic E-state index is 11.3. The van der Waals surface area contributed by atoms with Gasteiger partial charge < -0.3 is 5.32 Å². The minimum atomic E-state index is -0.0692. The highest BCUT2D eigenvalue weighted by Crippen LogP contribution is 2.65. The fourth-order valence-corrected chi connectivity index (χ4v) is 6.58. The molecular weight excluding hydrogens is 282 g/mol. The van der Waals surface area contributed by atoms with Crippen molar-refractivity contribution < 1.29 is 4.79 Å². The lowest BCUT2D eigenvalue weighted by Gasteiger charge is -2.64. The number of carbonyl (C=O) groups excluding carboxylic acids is 1. The molecule has 0 saturated heterocycles. The molecule has 3 aliphatic carbocycles. The van der Waals surface area contributed by atoms with Crippen LogP contribution in [0.15, 0.2) is 23.8 Å². The molecule has 0 aromatic rings. The molecule has 0 aliphatic heterocycles. The third-order valence-electron chi connectivity index (χ3n) is 7.50. The van der Waals surface area contributed by atoms with Gasteiger partial charge >= 0.3 is 0 Å². The Morgan fingerprint density at radius 2 is 2.09 bits per heavy atom. The number of hydrogen-bond donors (Lipinski definition) is 1. The summed E-state index contributed by atoms with van der Waals surface area (Å²) in [5.41, 5.74) is 3.02. The lowest BCUT2D eigenvalue weighted by molar-refractivity contribution is -0.120. The molecule has 3 rings (SSSR count). The van der Waals surface area contributed by atoms with Crippen LogP contribution in [0.3, 0.4) is 0 Å². The molecule has 2 nitrogen and oxygen atoms in total. The summed E-state index contributed by atoms with van der Waals surface area (Å²) < 4.78 is 0. The van der Waals surface area contributed by atoms with E-state index in [0.717, 1.165) is 24.7 Å². The smallest absolute Gasteiger partial charge is 0.207 e. The van der Waals surface area contributed by atoms with Crippen molar-refractivity contribution >= 4 is 6.41 Å². The number of nitrogens with one attached hydrogen (secondary N) is 1. The SMILES string of the molecule is C=C(C)[C@@H]1CC[C@H](C)[C@H]2CC[C@](C)(NC=O)[C@@H]3CCC(C)=C[C@]231. The second-order valence-corrected chi connectivity index (χ2v) is 8.86. The molecule has 23 heavy (non-hydrogen) atoms. The molecule has 0 unspecified atom stereocenters. The third-order valence-corrected chi connectivity index (χ3v) is 7.50. The third kappa shape index (κ3) is 2.40. The molecule has 0 bridgehead atoms. The zero-order chi connectivity index (χ0) is 16.8. The first-order chi connectivity index (χ1) is 10.8. The Kier molecular flexibility index (Phi) is 4.23. The first-order valence-corrected chi connectivity index (χ1v) is 9.40. The molecule has 1 spiro atoms. The van der Waals surface area contributed by atoms with E-state index in [0.29, 0.717) is 11.8 Å². The van der Waals surface area contributed by atoms with Crippen molar-refractivity contribution in [3.05, 3.63) is 23.8 Å². The van der Waals surface area contributed by atoms with Crippen LogP contribution in [0.25, 0.3) is 0 Å². The molecule has 0 heterocycles. The van der Waals surface area contributed by atoms with Crippen LogP contribution in [-0.4, -0.2) is 11.9 Å². The van der Waals surface area contributed by atoms with E-state index >= 15 is 0 Å². The van der Waals surface area contributed by atoms with Crippen LogP contribution in [0, 0.1) is 29.1 Å². The summed E-state index contributed by atoms with van der Waals surface area (Å²) in [5, 5.41) is 3.24. The van der Waals surface area contributed by atoms with Crippen molar-refractivity contribution in [3.8, 4) is 0 Å². The number of allylic oxidation sites excluding steroid dienone is 3. The Labute approximate surface area is 141 Å². The molecule has 128 valence electrons. The first-order valence-electron chi connectivity index (χ1n) is 9.40. The van der Waals surface area contributed by atoms with Gasteiger partial charge in [0, 0.05) is 11.0 Å². The van der Waals surface area contributed by atoms with Gasteiger partial charge in [-0.15, -0.1) is 0 Å². The molecule has 2 fully saturated rings. The van der Waals surface area contributed by atoms with E-state index in [-0.39, 0.29) is 11.0 Å². The van der Waals surface area contributed by atoms with Gasteiger partial charge in [0.1, 0.15) is 0 Å². The predicted octanol–water partition coefficient (Wildman–Crippen LogP) is 4.87. The summed E-state index contributed by atoms with van der Waals surface area (Å²) in [6, 6.07) is 0. The van der Waals surface area contributed by atoms with Crippen molar-refractivity contribution in [2.75, 3.05) is 0 Å². The summed E-state index contributed by atoms with van der Waals surface area (Å²) in [6.45, 7) is 13.6. The van der Waals surface area contributed by atoms with Crippen LogP contribution in [0.5, 0.6) is 0 Å². The van der Waals surface area contributed by atoms with Gasteiger partial charge in [-0.25, -0.2) is 0 Å². The van der Waals surface area contributed by atoms with E-state index in [1.165, 1.54) is 37.7 Å². The fourth-order valence-electron chi connectivity index (χ4n) is 6.58. The molecule has 3 aliphatic rings. The number of hydrogen-bond acceptors (Lipinski definition) is 1. The van der Waals surface area contributed by atoms with Crippen LogP contribution in [-0.2, 0) is 4.79 Å². The molecule has 1 N–H and O–H groups in total. The van der Waals surface area contributed by atoms with Gasteiger partial charge in [0.15, 0.2) is 0 Å². The Hall–Kier alpha value is -1.05. The van der Waals surface area contributed by atoms with Gasteiger partial charge in [0.2, 0.25) is 6.41 Å². The average Bonchev–Trinajstić information content (AvgIpc) is 2.46. The van der Waals surface area contributed by atoms with E-state index in [1.54, 1.807) is 5.57 Å². The highest BCUT2D eigenvalue weighted by Gasteiger charge is 2.61. The zero-order valence-corrected chi connectivity index (χ0v) is 15.3. The lowest BCUT2D eigenvalue weighted by atomic mass is 9.41. The second-order valence-electron chi connectivity index (χ2n) is 8.86. The van der Waals surface area contributed by atoms with Crippen molar-refractivity contribution in [2.45, 2.75) is 71.8 Å². The summed E-state index contributed by atoms with van der Waals surface area (Å²) in [5.74, 6) is 2.61. The van der Waals surface area contributed by atoms with Crippen LogP contribution in [0.1, 0.15) is 66.2 Å². The summed E-state index contributed by atoms with van der Waals surface area (Å²) >= 11 is 0. The zero-order valence-electron chi connectivity index (χ0n) is 15.3. The lowest BCUT2D eigenvalue weighted by Crippen LogP contribution is -2.64. The quantitative estimate of drug-likeness (QED) is 0.584. The van der Waals surface area contributed by atoms with Crippen LogP contribution >= 0.6 is 0 Å². The van der Waals surface area contributed by atoms with Crippen LogP contribution in [0.2, 0.25) is 0 Å². The second kappa shape index (κ2) is 5.79. The molecule has 0 aromatic carbocycles. The van der Waals surface area contributed by atoms with Gasteiger partial charge in [-0.2, -0.15) is 0 Å². The maximum atomic E-state index is 11.3. The molecule has 2 heteroatoms. The Bertz CT molecular complexity index is 536. The first kappa shape index (κ1) is 16.8. The molecule has 2 saturated carbocycles. The molecule has 0 aromatic heterocycles. The van der Waals surface area contributed by atoms with Gasteiger partial charge in [-0.05, 0) is 83.0 Å². The van der Waals surface area contributed by atoms with E-state index < -0.39 is 0 Å². The Balaban J connectivity index is 2.16. The Morgan fingerprint density at radius 3 is 2.74 bits per heavy atom. The largest absolute Gasteiger partial charge is 0.353 e. The van der Waals surface area contributed by atoms with E-state index in [2.05, 4.69) is 45.7 Å². The summed E-state index contributed by atoms with van der Waals surface area (Å²) in [6.07, 6.45) is 10.8. The topological polar surface area (TPSA) is 29.1 Å². The molecule has 0 radical (unpaired) electrons. The van der Waals surface area contributed by atoms with Crippen molar-refractivity contribution in [3.63, 3.8) is 0 Å². The van der Waals surface area contributed by atoms with E-state index in [9.17, 15) is 4.79 Å². The van der Waals surface area contributed by atoms with Crippen LogP contribution < -0.4 is 5.32 Å². The number of rotatable bonds is 3. The predicted molar refractivity (Wildman–Crippen MR) is 95.9 cm³/mol. The Morgan fingerprint density at radius 1 is 1.35 bits per heavy atom. The van der Waals surface area contributed by atoms with Crippen molar-refractivity contribution in [1.82, 2.24) is 5.32 Å². The number of carbonyl (C=O) groups is 1. The monoisotopic (exact) mass is 315 g/mol.